The summed E-state index contributed by atoms with van der Waals surface area (Å²) in [5, 5.41) is 2.97. The number of aromatic nitrogens is 2. The zero-order valence-electron chi connectivity index (χ0n) is 10.1. The van der Waals surface area contributed by atoms with E-state index in [0.29, 0.717) is 12.5 Å². The van der Waals surface area contributed by atoms with Gasteiger partial charge >= 0.3 is 0 Å². The second-order valence-electron chi connectivity index (χ2n) is 4.15. The highest BCUT2D eigenvalue weighted by atomic mass is 79.9. The number of ether oxygens (including phenoxy) is 1. The first kappa shape index (κ1) is 12.6. The molecule has 5 nitrogen and oxygen atoms in total. The summed E-state index contributed by atoms with van der Waals surface area (Å²) in [7, 11) is 3.95. The number of rotatable bonds is 6. The summed E-state index contributed by atoms with van der Waals surface area (Å²) >= 11 is 3.42. The van der Waals surface area contributed by atoms with E-state index in [1.54, 1.807) is 0 Å². The molecule has 94 valence electrons. The van der Waals surface area contributed by atoms with Crippen molar-refractivity contribution in [2.45, 2.75) is 18.9 Å². The average Bonchev–Trinajstić information content (AvgIpc) is 3.15. The van der Waals surface area contributed by atoms with E-state index in [-0.39, 0.29) is 0 Å². The monoisotopic (exact) mass is 300 g/mol. The molecular weight excluding hydrogens is 284 g/mol. The van der Waals surface area contributed by atoms with Gasteiger partial charge in [0, 0.05) is 19.6 Å². The first-order chi connectivity index (χ1) is 8.22. The van der Waals surface area contributed by atoms with Crippen LogP contribution in [0.2, 0.25) is 0 Å². The zero-order valence-corrected chi connectivity index (χ0v) is 11.7. The van der Waals surface area contributed by atoms with Crippen LogP contribution in [0.25, 0.3) is 0 Å². The van der Waals surface area contributed by atoms with Crippen molar-refractivity contribution < 1.29 is 4.74 Å². The van der Waals surface area contributed by atoms with Crippen LogP contribution in [0.15, 0.2) is 10.8 Å². The number of hydrogen-bond acceptors (Lipinski definition) is 5. The van der Waals surface area contributed by atoms with Gasteiger partial charge in [0.2, 0.25) is 5.88 Å². The van der Waals surface area contributed by atoms with Crippen molar-refractivity contribution >= 4 is 21.7 Å². The summed E-state index contributed by atoms with van der Waals surface area (Å²) in [5.41, 5.74) is 0. The van der Waals surface area contributed by atoms with Gasteiger partial charge in [-0.15, -0.1) is 0 Å². The number of likely N-dealkylation sites (N-methyl/N-ethyl adjacent to an activating group) is 1. The summed E-state index contributed by atoms with van der Waals surface area (Å²) in [4.78, 5) is 10.5. The van der Waals surface area contributed by atoms with Crippen molar-refractivity contribution in [1.29, 1.82) is 0 Å². The largest absolute Gasteiger partial charge is 0.475 e. The van der Waals surface area contributed by atoms with Crippen LogP contribution in [0.5, 0.6) is 5.88 Å². The first-order valence-corrected chi connectivity index (χ1v) is 6.53. The van der Waals surface area contributed by atoms with Crippen LogP contribution in [-0.4, -0.2) is 48.2 Å². The summed E-state index contributed by atoms with van der Waals surface area (Å²) in [6, 6.07) is 0.764. The Labute approximate surface area is 110 Å². The molecule has 1 heterocycles. The molecule has 0 aromatic carbocycles. The molecule has 1 aliphatic carbocycles. The van der Waals surface area contributed by atoms with Gasteiger partial charge < -0.3 is 15.0 Å². The predicted molar refractivity (Wildman–Crippen MR) is 70.4 cm³/mol. The lowest BCUT2D eigenvalue weighted by Crippen LogP contribution is -2.26. The molecule has 17 heavy (non-hydrogen) atoms. The lowest BCUT2D eigenvalue weighted by atomic mass is 10.5. The van der Waals surface area contributed by atoms with E-state index in [0.717, 1.165) is 22.9 Å². The standard InChI is InChI=1S/C11H17BrN4O/c1-13-10-9(12)11(15-7-14-10)17-6-5-16(2)8-3-4-8/h7-8H,3-6H2,1-2H3,(H,13,14,15). The summed E-state index contributed by atoms with van der Waals surface area (Å²) in [5.74, 6) is 1.33. The second kappa shape index (κ2) is 5.64. The maximum absolute atomic E-state index is 5.65. The lowest BCUT2D eigenvalue weighted by Gasteiger charge is -2.16. The highest BCUT2D eigenvalue weighted by Crippen LogP contribution is 2.28. The Morgan fingerprint density at radius 1 is 1.53 bits per heavy atom. The number of hydrogen-bond donors (Lipinski definition) is 1. The van der Waals surface area contributed by atoms with E-state index < -0.39 is 0 Å². The van der Waals surface area contributed by atoms with Crippen molar-refractivity contribution in [2.75, 3.05) is 32.6 Å². The number of nitrogens with one attached hydrogen (secondary N) is 1. The van der Waals surface area contributed by atoms with Crippen molar-refractivity contribution in [1.82, 2.24) is 14.9 Å². The van der Waals surface area contributed by atoms with Gasteiger partial charge in [0.15, 0.2) is 0 Å². The van der Waals surface area contributed by atoms with E-state index in [9.17, 15) is 0 Å². The van der Waals surface area contributed by atoms with Crippen LogP contribution >= 0.6 is 15.9 Å². The van der Waals surface area contributed by atoms with Gasteiger partial charge in [-0.3, -0.25) is 0 Å². The van der Waals surface area contributed by atoms with E-state index >= 15 is 0 Å². The molecule has 0 saturated heterocycles. The van der Waals surface area contributed by atoms with Crippen molar-refractivity contribution in [3.63, 3.8) is 0 Å². The Bertz CT molecular complexity index is 384. The van der Waals surface area contributed by atoms with E-state index in [4.69, 9.17) is 4.74 Å². The summed E-state index contributed by atoms with van der Waals surface area (Å²) in [6.45, 7) is 1.57. The zero-order chi connectivity index (χ0) is 12.3. The van der Waals surface area contributed by atoms with E-state index in [1.807, 2.05) is 7.05 Å². The minimum Gasteiger partial charge on any atom is -0.475 e. The molecule has 0 amide bonds. The second-order valence-corrected chi connectivity index (χ2v) is 4.94. The SMILES string of the molecule is CNc1ncnc(OCCN(C)C2CC2)c1Br. The van der Waals surface area contributed by atoms with Gasteiger partial charge in [-0.25, -0.2) is 9.97 Å². The van der Waals surface area contributed by atoms with Gasteiger partial charge in [0.1, 0.15) is 23.2 Å². The average molecular weight is 301 g/mol. The fraction of sp³-hybridized carbons (Fsp3) is 0.636. The molecule has 0 unspecified atom stereocenters. The smallest absolute Gasteiger partial charge is 0.233 e. The first-order valence-electron chi connectivity index (χ1n) is 5.73. The highest BCUT2D eigenvalue weighted by Gasteiger charge is 2.25. The quantitative estimate of drug-likeness (QED) is 0.867. The van der Waals surface area contributed by atoms with Gasteiger partial charge in [-0.1, -0.05) is 0 Å². The fourth-order valence-corrected chi connectivity index (χ4v) is 2.13. The number of nitrogens with zero attached hydrogens (tertiary/aromatic N) is 3. The third-order valence-corrected chi connectivity index (χ3v) is 3.56. The third kappa shape index (κ3) is 3.29. The minimum absolute atomic E-state index is 0.591. The fourth-order valence-electron chi connectivity index (χ4n) is 1.61. The van der Waals surface area contributed by atoms with Crippen LogP contribution < -0.4 is 10.1 Å². The molecule has 0 atom stereocenters. The maximum Gasteiger partial charge on any atom is 0.233 e. The molecule has 0 aliphatic heterocycles. The topological polar surface area (TPSA) is 50.3 Å². The molecule has 1 aliphatic rings. The van der Waals surface area contributed by atoms with Crippen LogP contribution in [0.1, 0.15) is 12.8 Å². The molecule has 1 saturated carbocycles. The van der Waals surface area contributed by atoms with Crippen LogP contribution in [0, 0.1) is 0 Å². The lowest BCUT2D eigenvalue weighted by molar-refractivity contribution is 0.225. The Morgan fingerprint density at radius 3 is 2.94 bits per heavy atom. The van der Waals surface area contributed by atoms with Gasteiger partial charge in [0.25, 0.3) is 0 Å². The third-order valence-electron chi connectivity index (χ3n) is 2.85. The molecular formula is C11H17BrN4O. The summed E-state index contributed by atoms with van der Waals surface area (Å²) < 4.78 is 6.42. The normalized spacial score (nSPS) is 15.1. The molecule has 1 fully saturated rings. The summed E-state index contributed by atoms with van der Waals surface area (Å²) in [6.07, 6.45) is 4.13. The van der Waals surface area contributed by atoms with Crippen LogP contribution in [-0.2, 0) is 0 Å². The molecule has 2 rings (SSSR count). The molecule has 1 N–H and O–H groups in total. The molecule has 6 heteroatoms. The molecule has 1 aromatic heterocycles. The number of anilines is 1. The molecule has 0 bridgehead atoms. The van der Waals surface area contributed by atoms with Gasteiger partial charge in [-0.2, -0.15) is 0 Å². The van der Waals surface area contributed by atoms with Crippen molar-refractivity contribution in [2.24, 2.45) is 0 Å². The predicted octanol–water partition coefficient (Wildman–Crippen LogP) is 1.75. The Kier molecular flexibility index (Phi) is 4.17. The Hall–Kier alpha value is -0.880. The number of halogens is 1. The maximum atomic E-state index is 5.65. The highest BCUT2D eigenvalue weighted by molar-refractivity contribution is 9.10. The minimum atomic E-state index is 0.591. The molecule has 0 radical (unpaired) electrons. The van der Waals surface area contributed by atoms with Crippen LogP contribution in [0.4, 0.5) is 5.82 Å². The Balaban J connectivity index is 1.85. The van der Waals surface area contributed by atoms with Gasteiger partial charge in [-0.05, 0) is 35.8 Å². The van der Waals surface area contributed by atoms with Crippen LogP contribution in [0.3, 0.4) is 0 Å². The van der Waals surface area contributed by atoms with Crippen molar-refractivity contribution in [3.8, 4) is 5.88 Å². The van der Waals surface area contributed by atoms with Gasteiger partial charge in [0.05, 0.1) is 0 Å². The van der Waals surface area contributed by atoms with Crippen molar-refractivity contribution in [3.05, 3.63) is 10.8 Å². The Morgan fingerprint density at radius 2 is 2.29 bits per heavy atom. The molecule has 1 aromatic rings. The molecule has 0 spiro atoms. The van der Waals surface area contributed by atoms with E-state index in [2.05, 4.69) is 43.2 Å². The van der Waals surface area contributed by atoms with E-state index in [1.165, 1.54) is 19.2 Å².